The number of nitrogens with zero attached hydrogens (tertiary/aromatic N) is 3. The Balaban J connectivity index is 0.000000604. The van der Waals surface area contributed by atoms with Crippen LogP contribution in [0.4, 0.5) is 23.7 Å². The van der Waals surface area contributed by atoms with E-state index in [1.54, 1.807) is 24.9 Å². The topological polar surface area (TPSA) is 151 Å². The average Bonchev–Trinajstić information content (AvgIpc) is 3.20. The molecule has 0 saturated heterocycles. The van der Waals surface area contributed by atoms with Gasteiger partial charge in [-0.15, -0.1) is 0 Å². The lowest BCUT2D eigenvalue weighted by Crippen LogP contribution is -2.45. The van der Waals surface area contributed by atoms with E-state index in [1.165, 1.54) is 17.8 Å². The van der Waals surface area contributed by atoms with E-state index < -0.39 is 24.2 Å². The Hall–Kier alpha value is -4.10. The van der Waals surface area contributed by atoms with Gasteiger partial charge in [0.2, 0.25) is 5.91 Å². The van der Waals surface area contributed by atoms with Crippen LogP contribution < -0.4 is 10.2 Å². The molecule has 14 heteroatoms. The highest BCUT2D eigenvalue weighted by Crippen LogP contribution is 2.39. The smallest absolute Gasteiger partial charge is 0.480 e. The molecule has 3 rings (SSSR count). The number of aromatic nitrogens is 2. The second-order valence-corrected chi connectivity index (χ2v) is 8.53. The number of imidazole rings is 1. The van der Waals surface area contributed by atoms with Crippen LogP contribution in [0.15, 0.2) is 30.7 Å². The number of aliphatic carboxylic acids is 2. The number of hydrogen-bond donors (Lipinski definition) is 3. The second kappa shape index (κ2) is 11.8. The van der Waals surface area contributed by atoms with E-state index in [9.17, 15) is 27.6 Å². The Kier molecular flexibility index (Phi) is 9.26. The van der Waals surface area contributed by atoms with E-state index in [-0.39, 0.29) is 30.6 Å². The zero-order chi connectivity index (χ0) is 28.1. The van der Waals surface area contributed by atoms with Gasteiger partial charge in [0.05, 0.1) is 24.2 Å². The van der Waals surface area contributed by atoms with Gasteiger partial charge in [-0.1, -0.05) is 6.07 Å². The summed E-state index contributed by atoms with van der Waals surface area (Å²) >= 11 is 0. The van der Waals surface area contributed by atoms with Crippen molar-refractivity contribution in [3.05, 3.63) is 36.3 Å². The number of anilines is 1. The van der Waals surface area contributed by atoms with Gasteiger partial charge < -0.3 is 29.7 Å². The highest BCUT2D eigenvalue weighted by molar-refractivity contribution is 5.94. The number of nitrogens with one attached hydrogen (secondary N) is 1. The summed E-state index contributed by atoms with van der Waals surface area (Å²) in [6.45, 7) is 6.83. The van der Waals surface area contributed by atoms with Gasteiger partial charge in [0.25, 0.3) is 0 Å². The Bertz CT molecular complexity index is 1160. The molecule has 37 heavy (non-hydrogen) atoms. The van der Waals surface area contributed by atoms with Gasteiger partial charge in [0.15, 0.2) is 0 Å². The molecule has 0 spiro atoms. The van der Waals surface area contributed by atoms with Crippen molar-refractivity contribution in [2.75, 3.05) is 4.90 Å². The van der Waals surface area contributed by atoms with Crippen LogP contribution in [0.25, 0.3) is 11.3 Å². The van der Waals surface area contributed by atoms with E-state index in [2.05, 4.69) is 10.3 Å². The fourth-order valence-corrected chi connectivity index (χ4v) is 3.78. The van der Waals surface area contributed by atoms with Crippen LogP contribution >= 0.6 is 0 Å². The van der Waals surface area contributed by atoms with Gasteiger partial charge in [-0.2, -0.15) is 13.2 Å². The first-order chi connectivity index (χ1) is 17.1. The molecule has 0 fully saturated rings. The summed E-state index contributed by atoms with van der Waals surface area (Å²) in [4.78, 5) is 50.3. The summed E-state index contributed by atoms with van der Waals surface area (Å²) in [6, 6.07) is 5.12. The number of halogens is 3. The standard InChI is InChI=1S/C21H26N4O5.C2HF3O2/c1-12(2)30-21(29)23-17-7-13(3)25(14(4)26)19-6-5-15(8-16(17)19)18-9-24(11-22-18)10-20(27)28;3-2(4,5)1(6)7/h5-6,8-9,11-13,17H,7,10H2,1-4H3,(H,23,29)(H,27,28);(H,6,7)/t13-,17+;/m0./s1. The molecule has 0 aliphatic carbocycles. The summed E-state index contributed by atoms with van der Waals surface area (Å²) < 4.78 is 38.4. The zero-order valence-electron chi connectivity index (χ0n) is 20.4. The molecule has 0 bridgehead atoms. The Morgan fingerprint density at radius 2 is 1.84 bits per heavy atom. The molecule has 1 aliphatic rings. The minimum Gasteiger partial charge on any atom is -0.480 e. The van der Waals surface area contributed by atoms with Crippen LogP contribution in [-0.4, -0.2) is 62.0 Å². The molecule has 3 N–H and O–H groups in total. The Morgan fingerprint density at radius 1 is 1.22 bits per heavy atom. The molecule has 202 valence electrons. The highest BCUT2D eigenvalue weighted by atomic mass is 19.4. The minimum atomic E-state index is -5.08. The summed E-state index contributed by atoms with van der Waals surface area (Å²) in [5.41, 5.74) is 2.88. The lowest BCUT2D eigenvalue weighted by atomic mass is 9.90. The van der Waals surface area contributed by atoms with Crippen molar-refractivity contribution in [1.82, 2.24) is 14.9 Å². The normalized spacial score (nSPS) is 16.8. The molecule has 2 amide bonds. The fraction of sp³-hybridized carbons (Fsp3) is 0.435. The third-order valence-electron chi connectivity index (χ3n) is 5.14. The van der Waals surface area contributed by atoms with Crippen LogP contribution in [0.5, 0.6) is 0 Å². The minimum absolute atomic E-state index is 0.0783. The van der Waals surface area contributed by atoms with Gasteiger partial charge in [-0.3, -0.25) is 9.59 Å². The third kappa shape index (κ3) is 7.95. The van der Waals surface area contributed by atoms with E-state index in [1.807, 2.05) is 25.1 Å². The Labute approximate surface area is 209 Å². The third-order valence-corrected chi connectivity index (χ3v) is 5.14. The SMILES string of the molecule is CC(=O)N1c2ccc(-c3cn(CC(=O)O)cn3)cc2[C@H](NC(=O)OC(C)C)C[C@@H]1C.O=C(O)C(F)(F)F. The first-order valence-electron chi connectivity index (χ1n) is 11.0. The maximum atomic E-state index is 12.2. The van der Waals surface area contributed by atoms with Gasteiger partial charge in [-0.25, -0.2) is 14.6 Å². The van der Waals surface area contributed by atoms with Crippen LogP contribution in [-0.2, 0) is 25.7 Å². The molecule has 0 unspecified atom stereocenters. The predicted molar refractivity (Wildman–Crippen MR) is 124 cm³/mol. The molecular formula is C23H27F3N4O7. The predicted octanol–water partition coefficient (Wildman–Crippen LogP) is 3.59. The number of hydrogen-bond acceptors (Lipinski definition) is 6. The monoisotopic (exact) mass is 528 g/mol. The number of alkyl carbamates (subject to hydrolysis) is 1. The molecule has 11 nitrogen and oxygen atoms in total. The van der Waals surface area contributed by atoms with Crippen molar-refractivity contribution in [3.8, 4) is 11.3 Å². The molecular weight excluding hydrogens is 501 g/mol. The molecule has 2 atom stereocenters. The van der Waals surface area contributed by atoms with Crippen LogP contribution in [0.3, 0.4) is 0 Å². The quantitative estimate of drug-likeness (QED) is 0.533. The maximum absolute atomic E-state index is 12.2. The first kappa shape index (κ1) is 29.1. The number of carboxylic acids is 2. The summed E-state index contributed by atoms with van der Waals surface area (Å²) in [7, 11) is 0. The van der Waals surface area contributed by atoms with Crippen molar-refractivity contribution in [1.29, 1.82) is 0 Å². The van der Waals surface area contributed by atoms with Crippen molar-refractivity contribution in [2.24, 2.45) is 0 Å². The van der Waals surface area contributed by atoms with Crippen molar-refractivity contribution in [3.63, 3.8) is 0 Å². The summed E-state index contributed by atoms with van der Waals surface area (Å²) in [5.74, 6) is -3.79. The van der Waals surface area contributed by atoms with Gasteiger partial charge in [0.1, 0.15) is 6.54 Å². The summed E-state index contributed by atoms with van der Waals surface area (Å²) in [5, 5.41) is 19.0. The molecule has 1 aliphatic heterocycles. The molecule has 1 aromatic heterocycles. The number of carbonyl (C=O) groups is 4. The zero-order valence-corrected chi connectivity index (χ0v) is 20.4. The van der Waals surface area contributed by atoms with Gasteiger partial charge >= 0.3 is 24.2 Å². The molecule has 0 radical (unpaired) electrons. The number of alkyl halides is 3. The van der Waals surface area contributed by atoms with E-state index >= 15 is 0 Å². The summed E-state index contributed by atoms with van der Waals surface area (Å²) in [6.07, 6.45) is -2.19. The number of rotatable bonds is 5. The highest BCUT2D eigenvalue weighted by Gasteiger charge is 2.38. The number of carboxylic acid groups (broad SMARTS) is 2. The average molecular weight is 528 g/mol. The van der Waals surface area contributed by atoms with Crippen LogP contribution in [0.2, 0.25) is 0 Å². The lowest BCUT2D eigenvalue weighted by Gasteiger charge is -2.39. The number of amides is 2. The van der Waals surface area contributed by atoms with Crippen LogP contribution in [0.1, 0.15) is 45.7 Å². The molecule has 2 heterocycles. The number of ether oxygens (including phenoxy) is 1. The van der Waals surface area contributed by atoms with E-state index in [0.717, 1.165) is 16.8 Å². The van der Waals surface area contributed by atoms with Crippen molar-refractivity contribution < 1.29 is 47.3 Å². The fourth-order valence-electron chi connectivity index (χ4n) is 3.78. The van der Waals surface area contributed by atoms with Gasteiger partial charge in [0, 0.05) is 30.4 Å². The first-order valence-corrected chi connectivity index (χ1v) is 11.0. The van der Waals surface area contributed by atoms with E-state index in [4.69, 9.17) is 19.7 Å². The number of fused-ring (bicyclic) bond motifs is 1. The van der Waals surface area contributed by atoms with Gasteiger partial charge in [-0.05, 0) is 44.9 Å². The lowest BCUT2D eigenvalue weighted by molar-refractivity contribution is -0.192. The van der Waals surface area contributed by atoms with Crippen molar-refractivity contribution >= 4 is 29.6 Å². The molecule has 2 aromatic rings. The largest absolute Gasteiger partial charge is 0.490 e. The number of benzene rings is 1. The Morgan fingerprint density at radius 3 is 2.35 bits per heavy atom. The second-order valence-electron chi connectivity index (χ2n) is 8.53. The molecule has 1 aromatic carbocycles. The van der Waals surface area contributed by atoms with Crippen molar-refractivity contribution in [2.45, 2.75) is 65.0 Å². The maximum Gasteiger partial charge on any atom is 0.490 e. The number of carbonyl (C=O) groups excluding carboxylic acids is 2. The van der Waals surface area contributed by atoms with Crippen LogP contribution in [0, 0.1) is 0 Å². The molecule has 0 saturated carbocycles. The van der Waals surface area contributed by atoms with E-state index in [0.29, 0.717) is 12.1 Å².